The van der Waals surface area contributed by atoms with Crippen LogP contribution < -0.4 is 0 Å². The fourth-order valence-electron chi connectivity index (χ4n) is 5.15. The Morgan fingerprint density at radius 1 is 0.636 bits per heavy atom. The third-order valence-electron chi connectivity index (χ3n) is 6.67. The number of nitrogens with zero attached hydrogens (tertiary/aromatic N) is 1. The predicted molar refractivity (Wildman–Crippen MR) is 136 cm³/mol. The molecule has 1 aliphatic rings. The van der Waals surface area contributed by atoms with Crippen molar-refractivity contribution in [3.8, 4) is 0 Å². The number of hydrogen-bond donors (Lipinski definition) is 1. The Bertz CT molecular complexity index is 1090. The van der Waals surface area contributed by atoms with Gasteiger partial charge in [-0.15, -0.1) is 0 Å². The summed E-state index contributed by atoms with van der Waals surface area (Å²) in [5.74, 6) is 0. The topological polar surface area (TPSA) is 23.5 Å². The van der Waals surface area contributed by atoms with Crippen molar-refractivity contribution in [3.05, 3.63) is 149 Å². The largest absolute Gasteiger partial charge is 0.389 e. The van der Waals surface area contributed by atoms with Crippen LogP contribution in [0.3, 0.4) is 0 Å². The Balaban J connectivity index is 1.70. The molecule has 33 heavy (non-hydrogen) atoms. The van der Waals surface area contributed by atoms with Crippen molar-refractivity contribution < 1.29 is 5.11 Å². The summed E-state index contributed by atoms with van der Waals surface area (Å²) < 4.78 is 0. The first kappa shape index (κ1) is 21.4. The Morgan fingerprint density at radius 2 is 1.06 bits per heavy atom. The molecule has 1 N–H and O–H groups in total. The zero-order chi connectivity index (χ0) is 22.5. The van der Waals surface area contributed by atoms with E-state index in [0.29, 0.717) is 13.0 Å². The van der Waals surface area contributed by atoms with Crippen LogP contribution in [0, 0.1) is 0 Å². The summed E-state index contributed by atoms with van der Waals surface area (Å²) in [6.45, 7) is 1.49. The van der Waals surface area contributed by atoms with Crippen molar-refractivity contribution in [1.29, 1.82) is 0 Å². The number of piperidine rings is 1. The summed E-state index contributed by atoms with van der Waals surface area (Å²) in [5, 5.41) is 10.9. The highest BCUT2D eigenvalue weighted by Crippen LogP contribution is 2.44. The Labute approximate surface area is 196 Å². The Hall–Kier alpha value is -3.46. The number of aliphatic hydroxyl groups is 1. The van der Waals surface area contributed by atoms with Crippen molar-refractivity contribution in [2.75, 3.05) is 13.1 Å². The van der Waals surface area contributed by atoms with Gasteiger partial charge < -0.3 is 5.11 Å². The molecule has 5 rings (SSSR count). The number of likely N-dealkylation sites (tertiary alicyclic amines) is 1. The average Bonchev–Trinajstić information content (AvgIpc) is 2.89. The van der Waals surface area contributed by atoms with E-state index in [1.54, 1.807) is 0 Å². The lowest BCUT2D eigenvalue weighted by Gasteiger charge is -2.48. The molecule has 0 aromatic heterocycles. The summed E-state index contributed by atoms with van der Waals surface area (Å²) in [6.07, 6.45) is 2.43. The third-order valence-corrected chi connectivity index (χ3v) is 6.67. The molecular formula is C31H29NO. The van der Waals surface area contributed by atoms with Crippen LogP contribution in [-0.2, 0) is 5.54 Å². The molecule has 0 amide bonds. The lowest BCUT2D eigenvalue weighted by atomic mass is 9.74. The summed E-state index contributed by atoms with van der Waals surface area (Å²) in [5.41, 5.74) is 5.42. The van der Waals surface area contributed by atoms with Crippen LogP contribution >= 0.6 is 0 Å². The number of benzene rings is 4. The highest BCUT2D eigenvalue weighted by molar-refractivity contribution is 5.56. The molecule has 0 bridgehead atoms. The van der Waals surface area contributed by atoms with Crippen molar-refractivity contribution in [2.45, 2.75) is 18.1 Å². The van der Waals surface area contributed by atoms with E-state index in [9.17, 15) is 5.11 Å². The quantitative estimate of drug-likeness (QED) is 0.384. The SMILES string of the molecule is OC1CCN(C(c2ccccc2)(c2ccccc2)c2ccccc2)C/C1=C/c1ccccc1. The first-order chi connectivity index (χ1) is 16.3. The van der Waals surface area contributed by atoms with Gasteiger partial charge in [0.25, 0.3) is 0 Å². The molecule has 1 saturated heterocycles. The van der Waals surface area contributed by atoms with Gasteiger partial charge in [0.1, 0.15) is 0 Å². The van der Waals surface area contributed by atoms with Crippen molar-refractivity contribution in [2.24, 2.45) is 0 Å². The zero-order valence-electron chi connectivity index (χ0n) is 18.7. The second-order valence-corrected chi connectivity index (χ2v) is 8.66. The van der Waals surface area contributed by atoms with Gasteiger partial charge in [-0.1, -0.05) is 127 Å². The first-order valence-corrected chi connectivity index (χ1v) is 11.6. The van der Waals surface area contributed by atoms with Crippen molar-refractivity contribution in [3.63, 3.8) is 0 Å². The van der Waals surface area contributed by atoms with Gasteiger partial charge in [0.05, 0.1) is 11.6 Å². The third kappa shape index (κ3) is 4.16. The molecule has 1 fully saturated rings. The zero-order valence-corrected chi connectivity index (χ0v) is 18.7. The maximum absolute atomic E-state index is 10.9. The van der Waals surface area contributed by atoms with Gasteiger partial charge in [-0.3, -0.25) is 4.90 Å². The molecule has 0 saturated carbocycles. The molecule has 164 valence electrons. The normalized spacial score (nSPS) is 18.3. The smallest absolute Gasteiger partial charge is 0.0975 e. The molecular weight excluding hydrogens is 402 g/mol. The molecule has 0 aliphatic carbocycles. The molecule has 2 heteroatoms. The summed E-state index contributed by atoms with van der Waals surface area (Å²) in [6, 6.07) is 42.6. The monoisotopic (exact) mass is 431 g/mol. The highest BCUT2D eigenvalue weighted by atomic mass is 16.3. The van der Waals surface area contributed by atoms with Gasteiger partial charge in [-0.25, -0.2) is 0 Å². The molecule has 0 spiro atoms. The van der Waals surface area contributed by atoms with E-state index >= 15 is 0 Å². The van der Waals surface area contributed by atoms with Gasteiger partial charge in [-0.05, 0) is 34.2 Å². The van der Waals surface area contributed by atoms with Crippen LogP contribution in [0.2, 0.25) is 0 Å². The van der Waals surface area contributed by atoms with Crippen LogP contribution in [-0.4, -0.2) is 29.2 Å². The van der Waals surface area contributed by atoms with Crippen molar-refractivity contribution >= 4 is 6.08 Å². The van der Waals surface area contributed by atoms with E-state index in [2.05, 4.69) is 114 Å². The second kappa shape index (κ2) is 9.58. The van der Waals surface area contributed by atoms with E-state index < -0.39 is 11.6 Å². The summed E-state index contributed by atoms with van der Waals surface area (Å²) >= 11 is 0. The summed E-state index contributed by atoms with van der Waals surface area (Å²) in [7, 11) is 0. The van der Waals surface area contributed by atoms with Crippen LogP contribution in [0.4, 0.5) is 0 Å². The van der Waals surface area contributed by atoms with Gasteiger partial charge in [0, 0.05) is 13.1 Å². The van der Waals surface area contributed by atoms with Crippen LogP contribution in [0.25, 0.3) is 6.08 Å². The van der Waals surface area contributed by atoms with Gasteiger partial charge in [-0.2, -0.15) is 0 Å². The standard InChI is InChI=1S/C31H29NO/c33-30-21-22-32(24-26(30)23-25-13-5-1-6-14-25)31(27-15-7-2-8-16-27,28-17-9-3-10-18-28)29-19-11-4-12-20-29/h1-20,23,30,33H,21-22,24H2/b26-23-. The van der Waals surface area contributed by atoms with E-state index in [1.165, 1.54) is 16.7 Å². The minimum absolute atomic E-state index is 0.429. The molecule has 1 heterocycles. The minimum Gasteiger partial charge on any atom is -0.389 e. The second-order valence-electron chi connectivity index (χ2n) is 8.66. The molecule has 1 unspecified atom stereocenters. The fourth-order valence-corrected chi connectivity index (χ4v) is 5.15. The maximum Gasteiger partial charge on any atom is 0.0975 e. The number of aliphatic hydroxyl groups excluding tert-OH is 1. The van der Waals surface area contributed by atoms with Gasteiger partial charge in [0.2, 0.25) is 0 Å². The minimum atomic E-state index is -0.459. The van der Waals surface area contributed by atoms with E-state index in [4.69, 9.17) is 0 Å². The highest BCUT2D eigenvalue weighted by Gasteiger charge is 2.44. The van der Waals surface area contributed by atoms with Gasteiger partial charge in [0.15, 0.2) is 0 Å². The Morgan fingerprint density at radius 3 is 1.52 bits per heavy atom. The van der Waals surface area contributed by atoms with E-state index in [1.807, 2.05) is 18.2 Å². The van der Waals surface area contributed by atoms with Gasteiger partial charge >= 0.3 is 0 Å². The first-order valence-electron chi connectivity index (χ1n) is 11.6. The number of rotatable bonds is 5. The fraction of sp³-hybridized carbons (Fsp3) is 0.161. The lowest BCUT2D eigenvalue weighted by Crippen LogP contribution is -2.52. The van der Waals surface area contributed by atoms with E-state index in [0.717, 1.165) is 17.7 Å². The molecule has 1 aliphatic heterocycles. The van der Waals surface area contributed by atoms with E-state index in [-0.39, 0.29) is 0 Å². The summed E-state index contributed by atoms with van der Waals surface area (Å²) in [4.78, 5) is 2.54. The Kier molecular flexibility index (Phi) is 6.21. The van der Waals surface area contributed by atoms with Crippen molar-refractivity contribution in [1.82, 2.24) is 4.90 Å². The lowest BCUT2D eigenvalue weighted by molar-refractivity contribution is 0.0872. The van der Waals surface area contributed by atoms with Crippen LogP contribution in [0.15, 0.2) is 127 Å². The van der Waals surface area contributed by atoms with Crippen LogP contribution in [0.5, 0.6) is 0 Å². The maximum atomic E-state index is 10.9. The molecule has 2 nitrogen and oxygen atoms in total. The number of hydrogen-bond acceptors (Lipinski definition) is 2. The predicted octanol–water partition coefficient (Wildman–Crippen LogP) is 6.13. The molecule has 4 aromatic rings. The molecule has 4 aromatic carbocycles. The molecule has 1 atom stereocenters. The van der Waals surface area contributed by atoms with Crippen LogP contribution in [0.1, 0.15) is 28.7 Å². The molecule has 0 radical (unpaired) electrons. The average molecular weight is 432 g/mol.